The van der Waals surface area contributed by atoms with Crippen LogP contribution in [0.15, 0.2) is 18.2 Å². The molecule has 0 bridgehead atoms. The predicted octanol–water partition coefficient (Wildman–Crippen LogP) is 2.44. The Morgan fingerprint density at radius 2 is 2.00 bits per heavy atom. The molecule has 1 aromatic carbocycles. The molecule has 7 nitrogen and oxygen atoms in total. The van der Waals surface area contributed by atoms with E-state index < -0.39 is 11.9 Å². The zero-order chi connectivity index (χ0) is 18.1. The molecule has 2 rings (SSSR count). The van der Waals surface area contributed by atoms with E-state index in [-0.39, 0.29) is 18.4 Å². The van der Waals surface area contributed by atoms with Crippen LogP contribution < -0.4 is 20.1 Å². The number of hydrogen-bond donors (Lipinski definition) is 2. The van der Waals surface area contributed by atoms with Gasteiger partial charge in [0.1, 0.15) is 11.5 Å². The zero-order valence-electron chi connectivity index (χ0n) is 14.4. The van der Waals surface area contributed by atoms with Crippen LogP contribution in [0.4, 0.5) is 4.79 Å². The number of carbonyl (C=O) groups is 3. The Morgan fingerprint density at radius 1 is 1.24 bits per heavy atom. The van der Waals surface area contributed by atoms with Gasteiger partial charge in [0.05, 0.1) is 12.2 Å². The summed E-state index contributed by atoms with van der Waals surface area (Å²) < 4.78 is 10.9. The number of carbonyl (C=O) groups excluding carboxylic acids is 3. The van der Waals surface area contributed by atoms with E-state index in [4.69, 9.17) is 9.47 Å². The van der Waals surface area contributed by atoms with Crippen molar-refractivity contribution in [3.05, 3.63) is 23.8 Å². The van der Waals surface area contributed by atoms with Crippen molar-refractivity contribution < 1.29 is 23.9 Å². The third kappa shape index (κ3) is 6.10. The third-order valence-electron chi connectivity index (χ3n) is 3.89. The maximum atomic E-state index is 11.8. The van der Waals surface area contributed by atoms with E-state index >= 15 is 0 Å². The monoisotopic (exact) mass is 348 g/mol. The Morgan fingerprint density at radius 3 is 2.68 bits per heavy atom. The number of amides is 3. The largest absolute Gasteiger partial charge is 0.493 e. The smallest absolute Gasteiger partial charge is 0.321 e. The van der Waals surface area contributed by atoms with E-state index in [2.05, 4.69) is 10.6 Å². The second kappa shape index (κ2) is 9.66. The van der Waals surface area contributed by atoms with Crippen LogP contribution in [0.2, 0.25) is 0 Å². The Balaban J connectivity index is 1.84. The topological polar surface area (TPSA) is 93.7 Å². The summed E-state index contributed by atoms with van der Waals surface area (Å²) in [4.78, 5) is 34.7. The van der Waals surface area contributed by atoms with E-state index in [1.165, 1.54) is 0 Å². The SMILES string of the molecule is CCCOc1ccc(C=O)c(OCC(=O)NC(=O)NC2CCCC2)c1. The summed E-state index contributed by atoms with van der Waals surface area (Å²) in [6.07, 6.45) is 5.55. The molecule has 0 unspecified atom stereocenters. The lowest BCUT2D eigenvalue weighted by molar-refractivity contribution is -0.122. The zero-order valence-corrected chi connectivity index (χ0v) is 14.4. The normalized spacial score (nSPS) is 14.0. The molecule has 2 N–H and O–H groups in total. The third-order valence-corrected chi connectivity index (χ3v) is 3.89. The van der Waals surface area contributed by atoms with E-state index in [1.54, 1.807) is 18.2 Å². The highest BCUT2D eigenvalue weighted by Crippen LogP contribution is 2.24. The molecule has 0 saturated heterocycles. The molecule has 1 fully saturated rings. The average molecular weight is 348 g/mol. The van der Waals surface area contributed by atoms with Gasteiger partial charge < -0.3 is 14.8 Å². The Kier molecular flexibility index (Phi) is 7.25. The number of nitrogens with one attached hydrogen (secondary N) is 2. The Labute approximate surface area is 147 Å². The highest BCUT2D eigenvalue weighted by Gasteiger charge is 2.18. The van der Waals surface area contributed by atoms with Crippen molar-refractivity contribution >= 4 is 18.2 Å². The summed E-state index contributed by atoms with van der Waals surface area (Å²) in [6, 6.07) is 4.41. The van der Waals surface area contributed by atoms with E-state index in [1.807, 2.05) is 6.92 Å². The highest BCUT2D eigenvalue weighted by atomic mass is 16.5. The molecule has 0 heterocycles. The fourth-order valence-corrected chi connectivity index (χ4v) is 2.64. The summed E-state index contributed by atoms with van der Waals surface area (Å²) in [6.45, 7) is 2.16. The van der Waals surface area contributed by atoms with Crippen molar-refractivity contribution in [3.8, 4) is 11.5 Å². The molecule has 0 atom stereocenters. The van der Waals surface area contributed by atoms with Gasteiger partial charge in [-0.1, -0.05) is 19.8 Å². The van der Waals surface area contributed by atoms with Crippen molar-refractivity contribution in [2.45, 2.75) is 45.1 Å². The first kappa shape index (κ1) is 18.8. The van der Waals surface area contributed by atoms with E-state index in [0.717, 1.165) is 32.1 Å². The molecule has 1 saturated carbocycles. The molecule has 0 spiro atoms. The maximum absolute atomic E-state index is 11.8. The van der Waals surface area contributed by atoms with Gasteiger partial charge in [0.2, 0.25) is 0 Å². The second-order valence-corrected chi connectivity index (χ2v) is 5.96. The summed E-state index contributed by atoms with van der Waals surface area (Å²) >= 11 is 0. The quantitative estimate of drug-likeness (QED) is 0.704. The van der Waals surface area contributed by atoms with Gasteiger partial charge in [0, 0.05) is 12.1 Å². The van der Waals surface area contributed by atoms with Crippen LogP contribution in [0.25, 0.3) is 0 Å². The first-order valence-corrected chi connectivity index (χ1v) is 8.57. The molecule has 1 aliphatic carbocycles. The summed E-state index contributed by atoms with van der Waals surface area (Å²) in [5.74, 6) is 0.226. The molecular weight excluding hydrogens is 324 g/mol. The molecule has 3 amide bonds. The van der Waals surface area contributed by atoms with Gasteiger partial charge in [-0.15, -0.1) is 0 Å². The first-order valence-electron chi connectivity index (χ1n) is 8.57. The van der Waals surface area contributed by atoms with Gasteiger partial charge in [-0.3, -0.25) is 14.9 Å². The molecule has 0 radical (unpaired) electrons. The summed E-state index contributed by atoms with van der Waals surface area (Å²) in [5.41, 5.74) is 0.312. The Hall–Kier alpha value is -2.57. The number of imide groups is 1. The number of hydrogen-bond acceptors (Lipinski definition) is 5. The molecule has 7 heteroatoms. The minimum absolute atomic E-state index is 0.128. The van der Waals surface area contributed by atoms with Crippen molar-refractivity contribution in [1.29, 1.82) is 0 Å². The van der Waals surface area contributed by atoms with Crippen molar-refractivity contribution in [3.63, 3.8) is 0 Å². The van der Waals surface area contributed by atoms with Gasteiger partial charge in [-0.2, -0.15) is 0 Å². The van der Waals surface area contributed by atoms with Crippen LogP contribution in [0.1, 0.15) is 49.4 Å². The van der Waals surface area contributed by atoms with Gasteiger partial charge >= 0.3 is 6.03 Å². The average Bonchev–Trinajstić information content (AvgIpc) is 3.10. The van der Waals surface area contributed by atoms with Crippen LogP contribution in [0.5, 0.6) is 11.5 Å². The van der Waals surface area contributed by atoms with Crippen molar-refractivity contribution in [2.24, 2.45) is 0 Å². The summed E-state index contributed by atoms with van der Waals surface area (Å²) in [5, 5.41) is 4.99. The lowest BCUT2D eigenvalue weighted by Gasteiger charge is -2.13. The number of rotatable bonds is 8. The molecule has 0 aromatic heterocycles. The maximum Gasteiger partial charge on any atom is 0.321 e. The van der Waals surface area contributed by atoms with Crippen molar-refractivity contribution in [1.82, 2.24) is 10.6 Å². The molecule has 25 heavy (non-hydrogen) atoms. The minimum Gasteiger partial charge on any atom is -0.493 e. The second-order valence-electron chi connectivity index (χ2n) is 5.96. The predicted molar refractivity (Wildman–Crippen MR) is 92.0 cm³/mol. The van der Waals surface area contributed by atoms with Crippen molar-refractivity contribution in [2.75, 3.05) is 13.2 Å². The molecular formula is C18H24N2O5. The lowest BCUT2D eigenvalue weighted by atomic mass is 10.2. The standard InChI is InChI=1S/C18H24N2O5/c1-2-9-24-15-8-7-13(11-21)16(10-15)25-12-17(22)20-18(23)19-14-5-3-4-6-14/h7-8,10-11,14H,2-6,9,12H2,1H3,(H2,19,20,22,23). The van der Waals surface area contributed by atoms with Crippen LogP contribution >= 0.6 is 0 Å². The van der Waals surface area contributed by atoms with Gasteiger partial charge in [-0.05, 0) is 31.4 Å². The van der Waals surface area contributed by atoms with Crippen LogP contribution in [-0.4, -0.2) is 37.5 Å². The Bertz CT molecular complexity index is 611. The van der Waals surface area contributed by atoms with Gasteiger partial charge in [-0.25, -0.2) is 4.79 Å². The lowest BCUT2D eigenvalue weighted by Crippen LogP contribution is -2.45. The van der Waals surface area contributed by atoms with Gasteiger partial charge in [0.15, 0.2) is 12.9 Å². The van der Waals surface area contributed by atoms with E-state index in [9.17, 15) is 14.4 Å². The molecule has 1 aromatic rings. The van der Waals surface area contributed by atoms with Gasteiger partial charge in [0.25, 0.3) is 5.91 Å². The van der Waals surface area contributed by atoms with Crippen LogP contribution in [-0.2, 0) is 4.79 Å². The molecule has 136 valence electrons. The minimum atomic E-state index is -0.577. The number of ether oxygens (including phenoxy) is 2. The number of benzene rings is 1. The molecule has 1 aliphatic rings. The summed E-state index contributed by atoms with van der Waals surface area (Å²) in [7, 11) is 0. The molecule has 0 aliphatic heterocycles. The fourth-order valence-electron chi connectivity index (χ4n) is 2.64. The number of aldehydes is 1. The highest BCUT2D eigenvalue weighted by molar-refractivity contribution is 5.95. The fraction of sp³-hybridized carbons (Fsp3) is 0.500. The number of urea groups is 1. The first-order chi connectivity index (χ1) is 12.1. The van der Waals surface area contributed by atoms with Crippen LogP contribution in [0, 0.1) is 0 Å². The van der Waals surface area contributed by atoms with Crippen LogP contribution in [0.3, 0.4) is 0 Å². The van der Waals surface area contributed by atoms with E-state index in [0.29, 0.717) is 24.2 Å².